The van der Waals surface area contributed by atoms with E-state index in [1.165, 1.54) is 29.2 Å². The predicted molar refractivity (Wildman–Crippen MR) is 104 cm³/mol. The van der Waals surface area contributed by atoms with E-state index in [1.807, 2.05) is 12.1 Å². The number of nitrogens with zero attached hydrogens (tertiary/aromatic N) is 3. The van der Waals surface area contributed by atoms with Gasteiger partial charge in [-0.15, -0.1) is 0 Å². The first-order chi connectivity index (χ1) is 13.6. The summed E-state index contributed by atoms with van der Waals surface area (Å²) in [4.78, 5) is 23.9. The summed E-state index contributed by atoms with van der Waals surface area (Å²) in [6.07, 6.45) is 0. The van der Waals surface area contributed by atoms with Crippen LogP contribution in [-0.4, -0.2) is 15.9 Å². The Bertz CT molecular complexity index is 1240. The van der Waals surface area contributed by atoms with E-state index in [4.69, 9.17) is 16.3 Å². The lowest BCUT2D eigenvalue weighted by molar-refractivity contribution is 0.0999. The number of hydrogen-bond acceptors (Lipinski definition) is 4. The number of carbonyl (C=O) groups is 1. The third-order valence-electron chi connectivity index (χ3n) is 4.40. The molecule has 0 spiro atoms. The second-order valence-electron chi connectivity index (χ2n) is 6.20. The van der Waals surface area contributed by atoms with Gasteiger partial charge in [0.25, 0.3) is 11.8 Å². The van der Waals surface area contributed by atoms with Gasteiger partial charge in [0.1, 0.15) is 11.6 Å². The number of ether oxygens (including phenoxy) is 1. The Morgan fingerprint density at radius 1 is 0.929 bits per heavy atom. The fourth-order valence-corrected chi connectivity index (χ4v) is 3.26. The van der Waals surface area contributed by atoms with Crippen LogP contribution in [0.3, 0.4) is 0 Å². The molecule has 2 heterocycles. The quantitative estimate of drug-likeness (QED) is 0.429. The summed E-state index contributed by atoms with van der Waals surface area (Å²) < 4.78 is 19.4. The van der Waals surface area contributed by atoms with Gasteiger partial charge in [-0.05, 0) is 48.5 Å². The Morgan fingerprint density at radius 2 is 1.64 bits per heavy atom. The summed E-state index contributed by atoms with van der Waals surface area (Å²) in [6.45, 7) is 0. The molecule has 5 rings (SSSR count). The number of aromatic nitrogens is 2. The van der Waals surface area contributed by atoms with Crippen molar-refractivity contribution in [3.63, 3.8) is 0 Å². The molecule has 1 aliphatic heterocycles. The van der Waals surface area contributed by atoms with Gasteiger partial charge in [-0.3, -0.25) is 9.69 Å². The number of rotatable bonds is 1. The Hall–Kier alpha value is -3.51. The highest BCUT2D eigenvalue weighted by atomic mass is 35.5. The summed E-state index contributed by atoms with van der Waals surface area (Å²) in [5.41, 5.74) is 1.98. The van der Waals surface area contributed by atoms with Gasteiger partial charge in [0.05, 0.1) is 22.3 Å². The molecule has 0 radical (unpaired) electrons. The molecule has 0 fully saturated rings. The summed E-state index contributed by atoms with van der Waals surface area (Å²) >= 11 is 6.09. The lowest BCUT2D eigenvalue weighted by Gasteiger charge is -2.21. The van der Waals surface area contributed by atoms with Crippen LogP contribution in [0, 0.1) is 5.82 Å². The van der Waals surface area contributed by atoms with Crippen molar-refractivity contribution in [2.75, 3.05) is 4.90 Å². The van der Waals surface area contributed by atoms with Crippen molar-refractivity contribution in [3.05, 3.63) is 83.1 Å². The fourth-order valence-electron chi connectivity index (χ4n) is 3.10. The molecule has 1 amide bonds. The minimum atomic E-state index is -0.403. The average molecular weight is 392 g/mol. The van der Waals surface area contributed by atoms with Crippen molar-refractivity contribution in [2.24, 2.45) is 0 Å². The monoisotopic (exact) mass is 391 g/mol. The Labute approximate surface area is 164 Å². The SMILES string of the molecule is O=C1c2ccc(Cl)cc2Oc2nc3ccccc3nc2N1c1ccc(F)cc1. The van der Waals surface area contributed by atoms with Gasteiger partial charge in [0.15, 0.2) is 0 Å². The third-order valence-corrected chi connectivity index (χ3v) is 4.64. The van der Waals surface area contributed by atoms with E-state index in [0.717, 1.165) is 0 Å². The zero-order chi connectivity index (χ0) is 19.3. The number of para-hydroxylation sites is 2. The van der Waals surface area contributed by atoms with Crippen LogP contribution in [0.2, 0.25) is 5.02 Å². The van der Waals surface area contributed by atoms with Gasteiger partial charge in [-0.25, -0.2) is 14.4 Å². The number of benzene rings is 3. The van der Waals surface area contributed by atoms with Crippen LogP contribution in [0.1, 0.15) is 10.4 Å². The molecule has 0 N–H and O–H groups in total. The van der Waals surface area contributed by atoms with Gasteiger partial charge in [-0.2, -0.15) is 0 Å². The molecule has 3 aromatic carbocycles. The van der Waals surface area contributed by atoms with Gasteiger partial charge in [0, 0.05) is 11.1 Å². The van der Waals surface area contributed by atoms with Gasteiger partial charge in [0.2, 0.25) is 5.82 Å². The van der Waals surface area contributed by atoms with E-state index >= 15 is 0 Å². The molecule has 0 saturated carbocycles. The normalized spacial score (nSPS) is 12.9. The maximum atomic E-state index is 13.4. The molecule has 1 aromatic heterocycles. The molecule has 4 aromatic rings. The van der Waals surface area contributed by atoms with E-state index < -0.39 is 5.82 Å². The molecule has 0 saturated heterocycles. The van der Waals surface area contributed by atoms with Crippen molar-refractivity contribution < 1.29 is 13.9 Å². The number of amides is 1. The van der Waals surface area contributed by atoms with E-state index in [2.05, 4.69) is 9.97 Å². The first kappa shape index (κ1) is 16.6. The van der Waals surface area contributed by atoms with Crippen LogP contribution in [0.25, 0.3) is 11.0 Å². The molecule has 7 heteroatoms. The zero-order valence-corrected chi connectivity index (χ0v) is 15.0. The minimum absolute atomic E-state index is 0.164. The van der Waals surface area contributed by atoms with Crippen LogP contribution >= 0.6 is 11.6 Å². The molecule has 0 aliphatic carbocycles. The lowest BCUT2D eigenvalue weighted by atomic mass is 10.1. The summed E-state index contributed by atoms with van der Waals surface area (Å²) in [7, 11) is 0. The second-order valence-corrected chi connectivity index (χ2v) is 6.64. The summed E-state index contributed by atoms with van der Waals surface area (Å²) in [5.74, 6) is -0.103. The molecule has 0 atom stereocenters. The first-order valence-electron chi connectivity index (χ1n) is 8.44. The molecular formula is C21H11ClFN3O2. The van der Waals surface area contributed by atoms with E-state index in [1.54, 1.807) is 30.3 Å². The fraction of sp³-hybridized carbons (Fsp3) is 0. The number of carbonyl (C=O) groups excluding carboxylic acids is 1. The van der Waals surface area contributed by atoms with E-state index in [0.29, 0.717) is 27.3 Å². The van der Waals surface area contributed by atoms with Gasteiger partial charge < -0.3 is 4.74 Å². The van der Waals surface area contributed by atoms with Gasteiger partial charge >= 0.3 is 0 Å². The largest absolute Gasteiger partial charge is 0.435 e. The van der Waals surface area contributed by atoms with Crippen LogP contribution in [0.4, 0.5) is 15.9 Å². The first-order valence-corrected chi connectivity index (χ1v) is 8.82. The van der Waals surface area contributed by atoms with Crippen LogP contribution < -0.4 is 9.64 Å². The number of anilines is 2. The Balaban J connectivity index is 1.81. The molecular weight excluding hydrogens is 381 g/mol. The van der Waals surface area contributed by atoms with Gasteiger partial charge in [-0.1, -0.05) is 23.7 Å². The Kier molecular flexibility index (Phi) is 3.74. The second kappa shape index (κ2) is 6.28. The summed E-state index contributed by atoms with van der Waals surface area (Å²) in [5, 5.41) is 0.428. The van der Waals surface area contributed by atoms with E-state index in [9.17, 15) is 9.18 Å². The maximum Gasteiger partial charge on any atom is 0.267 e. The van der Waals surface area contributed by atoms with Crippen LogP contribution in [-0.2, 0) is 0 Å². The highest BCUT2D eigenvalue weighted by molar-refractivity contribution is 6.31. The number of hydrogen-bond donors (Lipinski definition) is 0. The van der Waals surface area contributed by atoms with Crippen molar-refractivity contribution in [1.82, 2.24) is 9.97 Å². The minimum Gasteiger partial charge on any atom is -0.435 e. The van der Waals surface area contributed by atoms with Crippen molar-refractivity contribution in [3.8, 4) is 11.6 Å². The zero-order valence-electron chi connectivity index (χ0n) is 14.3. The third kappa shape index (κ3) is 2.66. The molecule has 5 nitrogen and oxygen atoms in total. The molecule has 136 valence electrons. The standard InChI is InChI=1S/C21H11ClFN3O2/c22-12-5-10-15-18(11-12)28-20-19(24-16-3-1-2-4-17(16)25-20)26(21(15)27)14-8-6-13(23)7-9-14/h1-11H. The van der Waals surface area contributed by atoms with Crippen molar-refractivity contribution >= 4 is 40.0 Å². The van der Waals surface area contributed by atoms with Crippen LogP contribution in [0.5, 0.6) is 11.6 Å². The topological polar surface area (TPSA) is 55.3 Å². The molecule has 1 aliphatic rings. The molecule has 28 heavy (non-hydrogen) atoms. The van der Waals surface area contributed by atoms with E-state index in [-0.39, 0.29) is 23.4 Å². The Morgan fingerprint density at radius 3 is 2.39 bits per heavy atom. The predicted octanol–water partition coefficient (Wildman–Crippen LogP) is 5.51. The molecule has 0 bridgehead atoms. The number of fused-ring (bicyclic) bond motifs is 3. The van der Waals surface area contributed by atoms with Crippen LogP contribution in [0.15, 0.2) is 66.7 Å². The van der Waals surface area contributed by atoms with Crippen molar-refractivity contribution in [2.45, 2.75) is 0 Å². The smallest absolute Gasteiger partial charge is 0.267 e. The van der Waals surface area contributed by atoms with Crippen molar-refractivity contribution in [1.29, 1.82) is 0 Å². The maximum absolute atomic E-state index is 13.4. The molecule has 0 unspecified atom stereocenters. The summed E-state index contributed by atoms with van der Waals surface area (Å²) in [6, 6.07) is 17.6. The number of halogens is 2. The average Bonchev–Trinajstić information content (AvgIpc) is 2.80. The highest BCUT2D eigenvalue weighted by Gasteiger charge is 2.32. The highest BCUT2D eigenvalue weighted by Crippen LogP contribution is 2.41. The lowest BCUT2D eigenvalue weighted by Crippen LogP contribution is -2.26.